The molecule has 1 atom stereocenters. The number of hydrogen-bond acceptors (Lipinski definition) is 4. The molecule has 3 rings (SSSR count). The Labute approximate surface area is 142 Å². The van der Waals surface area contributed by atoms with Crippen LogP contribution in [0.2, 0.25) is 0 Å². The highest BCUT2D eigenvalue weighted by atomic mass is 16.7. The second kappa shape index (κ2) is 6.43. The second-order valence-corrected chi connectivity index (χ2v) is 7.04. The van der Waals surface area contributed by atoms with Crippen LogP contribution in [0.15, 0.2) is 18.2 Å². The van der Waals surface area contributed by atoms with E-state index in [1.54, 1.807) is 37.1 Å². The highest BCUT2D eigenvalue weighted by Gasteiger charge is 2.33. The van der Waals surface area contributed by atoms with Crippen molar-refractivity contribution in [3.63, 3.8) is 0 Å². The number of likely N-dealkylation sites (N-methyl/N-ethyl adjacent to an activating group) is 2. The lowest BCUT2D eigenvalue weighted by Crippen LogP contribution is -2.51. The third-order valence-electron chi connectivity index (χ3n) is 5.17. The molecule has 0 unspecified atom stereocenters. The number of rotatable bonds is 5. The maximum Gasteiger partial charge on any atom is 0.278 e. The molecule has 24 heavy (non-hydrogen) atoms. The van der Waals surface area contributed by atoms with Crippen LogP contribution in [0.3, 0.4) is 0 Å². The molecular weight excluding hydrogens is 308 g/mol. The fraction of sp³-hybridized carbons (Fsp3) is 0.556. The van der Waals surface area contributed by atoms with Gasteiger partial charge in [0.25, 0.3) is 5.91 Å². The molecule has 0 N–H and O–H groups in total. The molecule has 2 aliphatic heterocycles. The van der Waals surface area contributed by atoms with Crippen molar-refractivity contribution in [3.05, 3.63) is 23.8 Å². The summed E-state index contributed by atoms with van der Waals surface area (Å²) >= 11 is 0. The van der Waals surface area contributed by atoms with Crippen molar-refractivity contribution in [1.82, 2.24) is 4.90 Å². The van der Waals surface area contributed by atoms with E-state index in [1.165, 1.54) is 12.8 Å². The predicted molar refractivity (Wildman–Crippen MR) is 89.1 cm³/mol. The van der Waals surface area contributed by atoms with Crippen LogP contribution >= 0.6 is 0 Å². The van der Waals surface area contributed by atoms with Crippen molar-refractivity contribution in [3.8, 4) is 11.5 Å². The first-order chi connectivity index (χ1) is 11.4. The smallest absolute Gasteiger partial charge is 0.278 e. The molecule has 0 aromatic heterocycles. The molecule has 0 aliphatic carbocycles. The molecule has 1 aromatic carbocycles. The van der Waals surface area contributed by atoms with Gasteiger partial charge in [-0.2, -0.15) is 0 Å². The van der Waals surface area contributed by atoms with E-state index >= 15 is 0 Å². The number of Topliss-reactive ketones (excluding diaryl/α,β-unsaturated/α-hetero) is 1. The van der Waals surface area contributed by atoms with E-state index < -0.39 is 6.04 Å². The molecule has 2 heterocycles. The van der Waals surface area contributed by atoms with Gasteiger partial charge in [0.2, 0.25) is 6.79 Å². The topological polar surface area (TPSA) is 55.8 Å². The van der Waals surface area contributed by atoms with Crippen molar-refractivity contribution in [2.45, 2.75) is 25.8 Å². The van der Waals surface area contributed by atoms with Gasteiger partial charge >= 0.3 is 0 Å². The minimum Gasteiger partial charge on any atom is -0.454 e. The molecule has 0 radical (unpaired) electrons. The molecule has 1 saturated heterocycles. The standard InChI is InChI=1S/C18H25N2O4/c1-13(19(2)17(21)11-20(3)8-4-5-9-20)18(22)14-6-7-15-16(10-14)24-12-23-15/h6-7,10,13H,4-5,8-9,11-12H2,1-3H3/q+1/t13-/m0/s1. The number of carbonyl (C=O) groups excluding carboxylic acids is 2. The van der Waals surface area contributed by atoms with E-state index in [1.807, 2.05) is 0 Å². The van der Waals surface area contributed by atoms with Gasteiger partial charge in [-0.15, -0.1) is 0 Å². The number of fused-ring (bicyclic) bond motifs is 1. The maximum absolute atomic E-state index is 12.7. The minimum absolute atomic E-state index is 0.0148. The Balaban J connectivity index is 1.67. The van der Waals surface area contributed by atoms with Crippen LogP contribution in [0.25, 0.3) is 0 Å². The van der Waals surface area contributed by atoms with Gasteiger partial charge in [0.05, 0.1) is 26.2 Å². The fourth-order valence-corrected chi connectivity index (χ4v) is 3.38. The summed E-state index contributed by atoms with van der Waals surface area (Å²) in [5, 5.41) is 0. The molecule has 0 bridgehead atoms. The Kier molecular flexibility index (Phi) is 4.49. The number of quaternary nitrogens is 1. The first kappa shape index (κ1) is 16.8. The van der Waals surface area contributed by atoms with E-state index in [2.05, 4.69) is 7.05 Å². The Hall–Kier alpha value is -2.08. The highest BCUT2D eigenvalue weighted by molar-refractivity contribution is 6.02. The Morgan fingerprint density at radius 1 is 1.21 bits per heavy atom. The van der Waals surface area contributed by atoms with Crippen molar-refractivity contribution in [1.29, 1.82) is 0 Å². The lowest BCUT2D eigenvalue weighted by Gasteiger charge is -2.32. The van der Waals surface area contributed by atoms with Gasteiger partial charge in [0.15, 0.2) is 23.8 Å². The summed E-state index contributed by atoms with van der Waals surface area (Å²) in [6.45, 7) is 4.47. The van der Waals surface area contributed by atoms with Gasteiger partial charge in [0, 0.05) is 25.5 Å². The zero-order valence-corrected chi connectivity index (χ0v) is 14.6. The fourth-order valence-electron chi connectivity index (χ4n) is 3.38. The molecular formula is C18H25N2O4+. The molecule has 2 aliphatic rings. The van der Waals surface area contributed by atoms with Crippen molar-refractivity contribution < 1.29 is 23.5 Å². The lowest BCUT2D eigenvalue weighted by molar-refractivity contribution is -0.890. The Morgan fingerprint density at radius 3 is 2.58 bits per heavy atom. The molecule has 1 fully saturated rings. The average Bonchev–Trinajstić information content (AvgIpc) is 3.20. The molecule has 1 aromatic rings. The predicted octanol–water partition coefficient (Wildman–Crippen LogP) is 1.69. The summed E-state index contributed by atoms with van der Waals surface area (Å²) in [5.74, 6) is 1.15. The van der Waals surface area contributed by atoms with Crippen LogP contribution in [0.1, 0.15) is 30.1 Å². The van der Waals surface area contributed by atoms with Gasteiger partial charge in [-0.3, -0.25) is 9.59 Å². The molecule has 130 valence electrons. The molecule has 6 heteroatoms. The summed E-state index contributed by atoms with van der Waals surface area (Å²) in [6.07, 6.45) is 2.33. The Bertz CT molecular complexity index is 652. The average molecular weight is 333 g/mol. The van der Waals surface area contributed by atoms with Crippen molar-refractivity contribution in [2.24, 2.45) is 0 Å². The molecule has 0 saturated carbocycles. The van der Waals surface area contributed by atoms with E-state index in [-0.39, 0.29) is 18.5 Å². The van der Waals surface area contributed by atoms with E-state index in [0.29, 0.717) is 23.6 Å². The highest BCUT2D eigenvalue weighted by Crippen LogP contribution is 2.33. The zero-order valence-electron chi connectivity index (χ0n) is 14.6. The van der Waals surface area contributed by atoms with Crippen LogP contribution in [0, 0.1) is 0 Å². The Morgan fingerprint density at radius 2 is 1.88 bits per heavy atom. The molecule has 1 amide bonds. The van der Waals surface area contributed by atoms with Crippen LogP contribution in [-0.2, 0) is 4.79 Å². The monoisotopic (exact) mass is 333 g/mol. The van der Waals surface area contributed by atoms with Gasteiger partial charge < -0.3 is 18.9 Å². The third-order valence-corrected chi connectivity index (χ3v) is 5.17. The number of benzene rings is 1. The molecule has 0 spiro atoms. The summed E-state index contributed by atoms with van der Waals surface area (Å²) < 4.78 is 11.4. The van der Waals surface area contributed by atoms with Crippen molar-refractivity contribution in [2.75, 3.05) is 40.5 Å². The number of nitrogens with zero attached hydrogens (tertiary/aromatic N) is 2. The summed E-state index contributed by atoms with van der Waals surface area (Å²) in [4.78, 5) is 26.9. The van der Waals surface area contributed by atoms with Crippen LogP contribution in [0.4, 0.5) is 0 Å². The quantitative estimate of drug-likeness (QED) is 0.608. The van der Waals surface area contributed by atoms with Crippen LogP contribution in [-0.4, -0.2) is 67.6 Å². The van der Waals surface area contributed by atoms with E-state index in [0.717, 1.165) is 17.6 Å². The van der Waals surface area contributed by atoms with Crippen LogP contribution < -0.4 is 9.47 Å². The van der Waals surface area contributed by atoms with Gasteiger partial charge in [0.1, 0.15) is 0 Å². The van der Waals surface area contributed by atoms with E-state index in [4.69, 9.17) is 9.47 Å². The van der Waals surface area contributed by atoms with E-state index in [9.17, 15) is 9.59 Å². The number of likely N-dealkylation sites (tertiary alicyclic amines) is 1. The normalized spacial score (nSPS) is 19.1. The lowest BCUT2D eigenvalue weighted by atomic mass is 10.0. The SMILES string of the molecule is C[C@@H](C(=O)c1ccc2c(c1)OCO2)N(C)C(=O)C[N+]1(C)CCCC1. The summed E-state index contributed by atoms with van der Waals surface area (Å²) in [6, 6.07) is 4.64. The number of amides is 1. The third kappa shape index (κ3) is 3.24. The second-order valence-electron chi connectivity index (χ2n) is 7.04. The number of hydrogen-bond donors (Lipinski definition) is 0. The maximum atomic E-state index is 12.7. The summed E-state index contributed by atoms with van der Waals surface area (Å²) in [7, 11) is 3.82. The molecule has 6 nitrogen and oxygen atoms in total. The van der Waals surface area contributed by atoms with Gasteiger partial charge in [-0.1, -0.05) is 0 Å². The number of ketones is 1. The van der Waals surface area contributed by atoms with Gasteiger partial charge in [-0.25, -0.2) is 0 Å². The largest absolute Gasteiger partial charge is 0.454 e. The van der Waals surface area contributed by atoms with Crippen LogP contribution in [0.5, 0.6) is 11.5 Å². The minimum atomic E-state index is -0.507. The van der Waals surface area contributed by atoms with Gasteiger partial charge in [-0.05, 0) is 25.1 Å². The first-order valence-corrected chi connectivity index (χ1v) is 8.43. The first-order valence-electron chi connectivity index (χ1n) is 8.43. The number of ether oxygens (including phenoxy) is 2. The number of carbonyl (C=O) groups is 2. The zero-order chi connectivity index (χ0) is 17.3. The van der Waals surface area contributed by atoms with Crippen molar-refractivity contribution >= 4 is 11.7 Å². The summed E-state index contributed by atoms with van der Waals surface area (Å²) in [5.41, 5.74) is 0.535.